The smallest absolute Gasteiger partial charge is 0.366 e. The maximum absolute atomic E-state index is 13.9. The Kier molecular flexibility index (Phi) is 7.81. The lowest BCUT2D eigenvalue weighted by Gasteiger charge is -2.26. The summed E-state index contributed by atoms with van der Waals surface area (Å²) in [6, 6.07) is 6.97. The fraction of sp³-hybridized carbons (Fsp3) is 0.333. The molecule has 2 aliphatic heterocycles. The Morgan fingerprint density at radius 1 is 0.892 bits per heavy atom. The van der Waals surface area contributed by atoms with Crippen molar-refractivity contribution in [2.75, 3.05) is 10.2 Å². The van der Waals surface area contributed by atoms with Gasteiger partial charge in [-0.25, -0.2) is 0 Å². The van der Waals surface area contributed by atoms with Gasteiger partial charge in [0.15, 0.2) is 0 Å². The summed E-state index contributed by atoms with van der Waals surface area (Å²) >= 11 is 0. The van der Waals surface area contributed by atoms with Crippen LogP contribution in [0.1, 0.15) is 47.2 Å². The van der Waals surface area contributed by atoms with E-state index >= 15 is 0 Å². The lowest BCUT2D eigenvalue weighted by molar-refractivity contribution is -0.137. The van der Waals surface area contributed by atoms with Crippen LogP contribution in [-0.2, 0) is 12.4 Å². The van der Waals surface area contributed by atoms with Crippen LogP contribution in [0.3, 0.4) is 0 Å². The highest BCUT2D eigenvalue weighted by Crippen LogP contribution is 2.44. The number of nitrogens with one attached hydrogen (secondary N) is 2. The molecule has 0 spiro atoms. The second-order valence-corrected chi connectivity index (χ2v) is 8.81. The molecule has 0 atom stereocenters. The molecule has 1 aromatic heterocycles. The minimum absolute atomic E-state index is 0. The van der Waals surface area contributed by atoms with E-state index in [1.165, 1.54) is 12.1 Å². The van der Waals surface area contributed by atoms with Gasteiger partial charge in [-0.1, -0.05) is 6.07 Å². The molecular weight excluding hydrogens is 547 g/mol. The van der Waals surface area contributed by atoms with Crippen molar-refractivity contribution in [1.82, 2.24) is 4.98 Å². The topological polar surface area (TPSA) is 65.2 Å². The van der Waals surface area contributed by atoms with Crippen molar-refractivity contribution in [2.24, 2.45) is 0 Å². The second-order valence-electron chi connectivity index (χ2n) is 8.81. The van der Waals surface area contributed by atoms with Gasteiger partial charge in [0.2, 0.25) is 5.43 Å². The summed E-state index contributed by atoms with van der Waals surface area (Å²) in [4.78, 5) is 30.0. The number of halogens is 8. The lowest BCUT2D eigenvalue weighted by atomic mass is 10.0. The number of carbonyl (C=O) groups excluding carboxylic acids is 1. The molecule has 200 valence electrons. The van der Waals surface area contributed by atoms with Crippen LogP contribution in [0.15, 0.2) is 47.4 Å². The number of nitrogens with zero attached hydrogens (tertiary/aromatic N) is 1. The van der Waals surface area contributed by atoms with E-state index in [1.807, 2.05) is 4.90 Å². The standard InChI is InChI=1S/C24H19F6N3O2.2ClH/c25-23(26,27)16-2-1-3-19-20(16)21(34)15(11-31-19)22(35)32-18-9-8-14(10-17(18)24(28,29)30)33-12-4-5-13(33)7-6-12;;/h1-3,8-13H,4-7H2,(H,31,34)(H,32,35);2*1H. The maximum Gasteiger partial charge on any atom is 0.418 e. The molecule has 1 amide bonds. The van der Waals surface area contributed by atoms with E-state index in [2.05, 4.69) is 10.3 Å². The highest BCUT2D eigenvalue weighted by Gasteiger charge is 2.41. The van der Waals surface area contributed by atoms with Gasteiger partial charge < -0.3 is 15.2 Å². The molecule has 2 fully saturated rings. The van der Waals surface area contributed by atoms with Crippen molar-refractivity contribution in [3.63, 3.8) is 0 Å². The van der Waals surface area contributed by atoms with E-state index in [4.69, 9.17) is 0 Å². The largest absolute Gasteiger partial charge is 0.418 e. The Morgan fingerprint density at radius 3 is 2.05 bits per heavy atom. The number of hydrogen-bond acceptors (Lipinski definition) is 3. The molecule has 2 aromatic carbocycles. The molecule has 5 nitrogen and oxygen atoms in total. The molecule has 2 aliphatic rings. The number of hydrogen-bond donors (Lipinski definition) is 2. The van der Waals surface area contributed by atoms with Crippen LogP contribution in [0.5, 0.6) is 0 Å². The van der Waals surface area contributed by atoms with Crippen LogP contribution in [-0.4, -0.2) is 23.0 Å². The van der Waals surface area contributed by atoms with E-state index in [1.54, 1.807) is 0 Å². The number of aromatic amines is 1. The van der Waals surface area contributed by atoms with Crippen molar-refractivity contribution in [2.45, 2.75) is 50.1 Å². The van der Waals surface area contributed by atoms with E-state index in [0.29, 0.717) is 11.8 Å². The van der Waals surface area contributed by atoms with E-state index in [0.717, 1.165) is 50.1 Å². The van der Waals surface area contributed by atoms with Gasteiger partial charge in [-0.15, -0.1) is 24.8 Å². The Morgan fingerprint density at radius 2 is 1.49 bits per heavy atom. The summed E-state index contributed by atoms with van der Waals surface area (Å²) in [6.45, 7) is 0. The van der Waals surface area contributed by atoms with E-state index in [-0.39, 0.29) is 42.4 Å². The second kappa shape index (κ2) is 10.1. The molecule has 5 rings (SSSR count). The lowest BCUT2D eigenvalue weighted by Crippen LogP contribution is -2.29. The van der Waals surface area contributed by atoms with Crippen LogP contribution < -0.4 is 15.6 Å². The van der Waals surface area contributed by atoms with Crippen LogP contribution in [0.2, 0.25) is 0 Å². The van der Waals surface area contributed by atoms with Crippen LogP contribution in [0.4, 0.5) is 37.7 Å². The number of pyridine rings is 1. The number of benzene rings is 2. The van der Waals surface area contributed by atoms with Crippen molar-refractivity contribution >= 4 is 53.0 Å². The van der Waals surface area contributed by atoms with Crippen LogP contribution in [0, 0.1) is 0 Å². The molecule has 2 N–H and O–H groups in total. The average molecular weight is 568 g/mol. The van der Waals surface area contributed by atoms with Crippen LogP contribution in [0.25, 0.3) is 10.9 Å². The molecule has 0 saturated carbocycles. The third-order valence-corrected chi connectivity index (χ3v) is 6.77. The van der Waals surface area contributed by atoms with Crippen molar-refractivity contribution < 1.29 is 31.1 Å². The fourth-order valence-electron chi connectivity index (χ4n) is 5.23. The molecule has 0 radical (unpaired) electrons. The molecule has 37 heavy (non-hydrogen) atoms. The number of amides is 1. The highest BCUT2D eigenvalue weighted by molar-refractivity contribution is 6.06. The number of rotatable bonds is 3. The van der Waals surface area contributed by atoms with Crippen molar-refractivity contribution in [1.29, 1.82) is 0 Å². The van der Waals surface area contributed by atoms with Gasteiger partial charge in [0, 0.05) is 29.5 Å². The number of H-pyrrole nitrogens is 1. The zero-order chi connectivity index (χ0) is 25.1. The zero-order valence-corrected chi connectivity index (χ0v) is 20.5. The van der Waals surface area contributed by atoms with Gasteiger partial charge in [-0.05, 0) is 56.0 Å². The van der Waals surface area contributed by atoms with Gasteiger partial charge in [0.25, 0.3) is 5.91 Å². The molecule has 0 aliphatic carbocycles. The van der Waals surface area contributed by atoms with Gasteiger partial charge in [0.1, 0.15) is 5.56 Å². The summed E-state index contributed by atoms with van der Waals surface area (Å²) in [5.41, 5.74) is -4.64. The predicted molar refractivity (Wildman–Crippen MR) is 132 cm³/mol. The number of aromatic nitrogens is 1. The molecule has 2 bridgehead atoms. The Balaban J connectivity index is 0.00000190. The zero-order valence-electron chi connectivity index (χ0n) is 18.9. The SMILES string of the molecule is Cl.Cl.O=C(Nc1ccc(N2C3CCC2CC3)cc1C(F)(F)F)c1c[nH]c2cccc(C(F)(F)F)c2c1=O. The molecule has 13 heteroatoms. The minimum atomic E-state index is -4.87. The summed E-state index contributed by atoms with van der Waals surface area (Å²) in [5.74, 6) is -1.25. The molecule has 3 heterocycles. The van der Waals surface area contributed by atoms with Gasteiger partial charge in [0.05, 0.1) is 22.2 Å². The fourth-order valence-corrected chi connectivity index (χ4v) is 5.23. The first-order chi connectivity index (χ1) is 16.4. The number of fused-ring (bicyclic) bond motifs is 3. The quantitative estimate of drug-likeness (QED) is 0.342. The third-order valence-electron chi connectivity index (χ3n) is 6.77. The maximum atomic E-state index is 13.9. The van der Waals surface area contributed by atoms with Crippen LogP contribution >= 0.6 is 24.8 Å². The molecule has 3 aromatic rings. The summed E-state index contributed by atoms with van der Waals surface area (Å²) in [6.07, 6.45) is -5.13. The van der Waals surface area contributed by atoms with Crippen molar-refractivity contribution in [3.05, 3.63) is 69.5 Å². The summed E-state index contributed by atoms with van der Waals surface area (Å²) in [5, 5.41) is 1.31. The first kappa shape index (κ1) is 28.6. The van der Waals surface area contributed by atoms with E-state index in [9.17, 15) is 35.9 Å². The Hall–Kier alpha value is -2.92. The van der Waals surface area contributed by atoms with E-state index < -0.39 is 51.5 Å². The predicted octanol–water partition coefficient (Wildman–Crippen LogP) is 6.79. The Labute approximate surface area is 219 Å². The number of anilines is 2. The average Bonchev–Trinajstić information content (AvgIpc) is 3.38. The normalized spacial score (nSPS) is 18.9. The summed E-state index contributed by atoms with van der Waals surface area (Å²) < 4.78 is 81.9. The monoisotopic (exact) mass is 567 g/mol. The first-order valence-corrected chi connectivity index (χ1v) is 11.0. The van der Waals surface area contributed by atoms with Gasteiger partial charge in [-0.3, -0.25) is 9.59 Å². The summed E-state index contributed by atoms with van der Waals surface area (Å²) in [7, 11) is 0. The highest BCUT2D eigenvalue weighted by atomic mass is 35.5. The molecule has 0 unspecified atom stereocenters. The molecule has 2 saturated heterocycles. The third kappa shape index (κ3) is 5.11. The number of alkyl halides is 6. The number of carbonyl (C=O) groups is 1. The first-order valence-electron chi connectivity index (χ1n) is 11.0. The molecular formula is C24H21Cl2F6N3O2. The van der Waals surface area contributed by atoms with Crippen molar-refractivity contribution in [3.8, 4) is 0 Å². The van der Waals surface area contributed by atoms with Gasteiger partial charge in [-0.2, -0.15) is 26.3 Å². The Bertz CT molecular complexity index is 1370. The van der Waals surface area contributed by atoms with Gasteiger partial charge >= 0.3 is 12.4 Å². The minimum Gasteiger partial charge on any atom is -0.366 e.